The fourth-order valence-corrected chi connectivity index (χ4v) is 4.29. The topological polar surface area (TPSA) is 76.6 Å². The lowest BCUT2D eigenvalue weighted by Gasteiger charge is -2.19. The first-order chi connectivity index (χ1) is 17.1. The molecule has 8 heteroatoms. The molecular weight excluding hydrogens is 460 g/mol. The predicted molar refractivity (Wildman–Crippen MR) is 142 cm³/mol. The number of hydrogen-bond acceptors (Lipinski definition) is 7. The molecular formula is C27H32N4O3S. The summed E-state index contributed by atoms with van der Waals surface area (Å²) in [5, 5.41) is 3.33. The highest BCUT2D eigenvalue weighted by molar-refractivity contribution is 7.84. The van der Waals surface area contributed by atoms with Crippen LogP contribution in [0.1, 0.15) is 18.9 Å². The van der Waals surface area contributed by atoms with Crippen LogP contribution in [0.5, 0.6) is 11.5 Å². The average Bonchev–Trinajstić information content (AvgIpc) is 2.87. The number of rotatable bonds is 5. The lowest BCUT2D eigenvalue weighted by Crippen LogP contribution is -2.19. The van der Waals surface area contributed by atoms with Gasteiger partial charge in [0.25, 0.3) is 0 Å². The van der Waals surface area contributed by atoms with E-state index >= 15 is 0 Å². The molecule has 1 atom stereocenters. The number of ether oxygens (including phenoxy) is 2. The molecule has 1 aliphatic rings. The van der Waals surface area contributed by atoms with Crippen molar-refractivity contribution in [3.8, 4) is 22.8 Å². The van der Waals surface area contributed by atoms with Gasteiger partial charge in [-0.3, -0.25) is 9.11 Å². The second kappa shape index (κ2) is 12.5. The summed E-state index contributed by atoms with van der Waals surface area (Å²) in [5.41, 5.74) is 3.71. The standard InChI is InChI=1S/C27H32N4O3S/c1-3-35(32)17-16-34-26-11-10-23-18-22(26)20-31(2)14-5-4-6-15-33-24-9-7-8-21(19-24)25-12-13-28-27(29-23)30-25/h4-5,7-13,18-19H,3,6,14-17,20H2,1-2H3,(H,28,29,30). The molecule has 1 aliphatic heterocycles. The van der Waals surface area contributed by atoms with E-state index in [0.717, 1.165) is 47.0 Å². The molecule has 2 heterocycles. The summed E-state index contributed by atoms with van der Waals surface area (Å²) in [7, 11) is 1.22. The van der Waals surface area contributed by atoms with E-state index in [1.807, 2.05) is 49.4 Å². The van der Waals surface area contributed by atoms with Crippen molar-refractivity contribution in [2.45, 2.75) is 19.9 Å². The van der Waals surface area contributed by atoms with Crippen LogP contribution >= 0.6 is 0 Å². The van der Waals surface area contributed by atoms with Gasteiger partial charge >= 0.3 is 0 Å². The van der Waals surface area contributed by atoms with E-state index < -0.39 is 10.8 Å². The monoisotopic (exact) mass is 492 g/mol. The highest BCUT2D eigenvalue weighted by Gasteiger charge is 2.11. The molecule has 4 rings (SSSR count). The van der Waals surface area contributed by atoms with Crippen molar-refractivity contribution in [1.29, 1.82) is 0 Å². The van der Waals surface area contributed by atoms with Crippen molar-refractivity contribution in [2.24, 2.45) is 0 Å². The Labute approximate surface area is 209 Å². The Morgan fingerprint density at radius 1 is 1.17 bits per heavy atom. The van der Waals surface area contributed by atoms with Crippen molar-refractivity contribution in [2.75, 3.05) is 43.6 Å². The van der Waals surface area contributed by atoms with E-state index in [4.69, 9.17) is 14.5 Å². The van der Waals surface area contributed by atoms with Gasteiger partial charge in [0, 0.05) is 52.7 Å². The zero-order chi connectivity index (χ0) is 24.5. The van der Waals surface area contributed by atoms with Crippen molar-refractivity contribution >= 4 is 22.4 Å². The summed E-state index contributed by atoms with van der Waals surface area (Å²) in [6, 6.07) is 15.8. The van der Waals surface area contributed by atoms with E-state index in [2.05, 4.69) is 40.5 Å². The van der Waals surface area contributed by atoms with Crippen molar-refractivity contribution in [3.05, 3.63) is 72.4 Å². The Morgan fingerprint density at radius 2 is 2.09 bits per heavy atom. The summed E-state index contributed by atoms with van der Waals surface area (Å²) in [6.07, 6.45) is 6.89. The number of anilines is 2. The SMILES string of the molecule is CCS(=O)CCOc1ccc2cc1CN(C)CC=CCCOc1cccc(c1)-c1ccnc(n1)N2. The fraction of sp³-hybridized carbons (Fsp3) is 0.333. The van der Waals surface area contributed by atoms with Crippen molar-refractivity contribution < 1.29 is 13.7 Å². The molecule has 184 valence electrons. The largest absolute Gasteiger partial charge is 0.493 e. The number of aromatic nitrogens is 2. The molecule has 35 heavy (non-hydrogen) atoms. The first-order valence-electron chi connectivity index (χ1n) is 11.9. The van der Waals surface area contributed by atoms with Gasteiger partial charge in [0.15, 0.2) is 0 Å². The number of likely N-dealkylation sites (N-methyl/N-ethyl adjacent to an activating group) is 1. The van der Waals surface area contributed by atoms with Gasteiger partial charge in [-0.05, 0) is 49.9 Å². The molecule has 0 fully saturated rings. The second-order valence-corrected chi connectivity index (χ2v) is 10.2. The number of nitrogens with zero attached hydrogens (tertiary/aromatic N) is 3. The van der Waals surface area contributed by atoms with Crippen LogP contribution in [-0.2, 0) is 17.3 Å². The third kappa shape index (κ3) is 7.37. The highest BCUT2D eigenvalue weighted by atomic mass is 32.2. The maximum Gasteiger partial charge on any atom is 0.227 e. The Morgan fingerprint density at radius 3 is 2.97 bits per heavy atom. The normalized spacial score (nSPS) is 15.3. The quantitative estimate of drug-likeness (QED) is 0.513. The number of benzene rings is 2. The first kappa shape index (κ1) is 24.9. The van der Waals surface area contributed by atoms with Crippen LogP contribution in [-0.4, -0.2) is 57.4 Å². The molecule has 0 radical (unpaired) electrons. The molecule has 0 aliphatic carbocycles. The van der Waals surface area contributed by atoms with Gasteiger partial charge in [0.05, 0.1) is 24.7 Å². The van der Waals surface area contributed by atoms with E-state index in [1.165, 1.54) is 0 Å². The zero-order valence-electron chi connectivity index (χ0n) is 20.3. The van der Waals surface area contributed by atoms with Crippen molar-refractivity contribution in [1.82, 2.24) is 14.9 Å². The minimum atomic E-state index is -0.853. The third-order valence-corrected chi connectivity index (χ3v) is 6.84. The minimum Gasteiger partial charge on any atom is -0.493 e. The van der Waals surface area contributed by atoms with E-state index in [-0.39, 0.29) is 0 Å². The van der Waals surface area contributed by atoms with E-state index in [9.17, 15) is 4.21 Å². The van der Waals surface area contributed by atoms with E-state index in [0.29, 0.717) is 37.2 Å². The van der Waals surface area contributed by atoms with Gasteiger partial charge in [0.1, 0.15) is 11.5 Å². The van der Waals surface area contributed by atoms with Gasteiger partial charge in [-0.25, -0.2) is 9.97 Å². The summed E-state index contributed by atoms with van der Waals surface area (Å²) in [6.45, 7) is 4.46. The molecule has 1 N–H and O–H groups in total. The molecule has 0 amide bonds. The van der Waals surface area contributed by atoms with Gasteiger partial charge in [-0.15, -0.1) is 0 Å². The van der Waals surface area contributed by atoms with Crippen molar-refractivity contribution in [3.63, 3.8) is 0 Å². The fourth-order valence-electron chi connectivity index (χ4n) is 3.74. The molecule has 0 saturated heterocycles. The number of fused-ring (bicyclic) bond motifs is 7. The molecule has 2 aromatic carbocycles. The summed E-state index contributed by atoms with van der Waals surface area (Å²) >= 11 is 0. The summed E-state index contributed by atoms with van der Waals surface area (Å²) in [5.74, 6) is 3.31. The van der Waals surface area contributed by atoms with Gasteiger partial charge in [-0.1, -0.05) is 31.2 Å². The maximum absolute atomic E-state index is 11.8. The molecule has 0 saturated carbocycles. The van der Waals surface area contributed by atoms with Crippen LogP contribution in [0.25, 0.3) is 11.3 Å². The lowest BCUT2D eigenvalue weighted by molar-refractivity contribution is 0.317. The molecule has 3 aromatic rings. The average molecular weight is 493 g/mol. The molecule has 1 unspecified atom stereocenters. The Bertz CT molecular complexity index is 1180. The summed E-state index contributed by atoms with van der Waals surface area (Å²) in [4.78, 5) is 11.3. The Hall–Kier alpha value is -3.23. The Balaban J connectivity index is 1.62. The van der Waals surface area contributed by atoms with Gasteiger partial charge < -0.3 is 14.8 Å². The highest BCUT2D eigenvalue weighted by Crippen LogP contribution is 2.27. The molecule has 6 bridgehead atoms. The maximum atomic E-state index is 11.8. The first-order valence-corrected chi connectivity index (χ1v) is 13.4. The molecule has 7 nitrogen and oxygen atoms in total. The lowest BCUT2D eigenvalue weighted by atomic mass is 10.1. The van der Waals surface area contributed by atoms with Crippen LogP contribution in [0.15, 0.2) is 66.9 Å². The van der Waals surface area contributed by atoms with Crippen LogP contribution in [0, 0.1) is 0 Å². The molecule has 1 aromatic heterocycles. The number of nitrogens with one attached hydrogen (secondary N) is 1. The third-order valence-electron chi connectivity index (χ3n) is 5.57. The van der Waals surface area contributed by atoms with Gasteiger partial charge in [0.2, 0.25) is 5.95 Å². The number of hydrogen-bond donors (Lipinski definition) is 1. The van der Waals surface area contributed by atoms with Crippen LogP contribution in [0.2, 0.25) is 0 Å². The predicted octanol–water partition coefficient (Wildman–Crippen LogP) is 4.81. The van der Waals surface area contributed by atoms with Crippen LogP contribution in [0.4, 0.5) is 11.6 Å². The second-order valence-electron chi connectivity index (χ2n) is 8.33. The Kier molecular flexibility index (Phi) is 8.86. The summed E-state index contributed by atoms with van der Waals surface area (Å²) < 4.78 is 23.8. The zero-order valence-corrected chi connectivity index (χ0v) is 21.1. The minimum absolute atomic E-state index is 0.425. The smallest absolute Gasteiger partial charge is 0.227 e. The van der Waals surface area contributed by atoms with Crippen LogP contribution in [0.3, 0.4) is 0 Å². The van der Waals surface area contributed by atoms with Crippen LogP contribution < -0.4 is 14.8 Å². The molecule has 0 spiro atoms. The van der Waals surface area contributed by atoms with Gasteiger partial charge in [-0.2, -0.15) is 0 Å². The van der Waals surface area contributed by atoms with E-state index in [1.54, 1.807) is 6.20 Å².